The molecule has 43 heavy (non-hydrogen) atoms. The fourth-order valence-corrected chi connectivity index (χ4v) is 4.97. The number of carbonyl (C=O) groups is 4. The van der Waals surface area contributed by atoms with Crippen molar-refractivity contribution in [3.05, 3.63) is 90.5 Å². The smallest absolute Gasteiger partial charge is 0.305 e. The van der Waals surface area contributed by atoms with E-state index in [0.717, 1.165) is 29.2 Å². The van der Waals surface area contributed by atoms with Crippen LogP contribution in [-0.4, -0.2) is 59.5 Å². The van der Waals surface area contributed by atoms with Gasteiger partial charge in [-0.1, -0.05) is 72.8 Å². The number of amides is 3. The summed E-state index contributed by atoms with van der Waals surface area (Å²) in [5.74, 6) is -2.51. The minimum absolute atomic E-state index is 0.109. The van der Waals surface area contributed by atoms with Crippen LogP contribution in [-0.2, 0) is 30.5 Å². The van der Waals surface area contributed by atoms with Crippen LogP contribution in [0.4, 0.5) is 5.69 Å². The number of anilines is 1. The summed E-state index contributed by atoms with van der Waals surface area (Å²) in [5.41, 5.74) is 1.45. The number of benzene rings is 3. The molecule has 0 radical (unpaired) electrons. The van der Waals surface area contributed by atoms with Gasteiger partial charge in [0.1, 0.15) is 12.6 Å². The summed E-state index contributed by atoms with van der Waals surface area (Å²) in [4.78, 5) is 54.3. The zero-order valence-electron chi connectivity index (χ0n) is 24.2. The lowest BCUT2D eigenvalue weighted by Crippen LogP contribution is -2.49. The van der Waals surface area contributed by atoms with E-state index in [1.54, 1.807) is 6.07 Å². The molecule has 1 heterocycles. The highest BCUT2D eigenvalue weighted by atomic mass is 16.5. The van der Waals surface area contributed by atoms with Crippen molar-refractivity contribution >= 4 is 40.2 Å². The van der Waals surface area contributed by atoms with Gasteiger partial charge >= 0.3 is 5.97 Å². The first-order valence-electron chi connectivity index (χ1n) is 14.8. The zero-order valence-corrected chi connectivity index (χ0v) is 24.2. The monoisotopic (exact) mass is 585 g/mol. The minimum Gasteiger partial charge on any atom is -0.463 e. The molecular weight excluding hydrogens is 546 g/mol. The third-order valence-corrected chi connectivity index (χ3v) is 7.38. The molecular formula is C34H39N3O6. The van der Waals surface area contributed by atoms with Crippen LogP contribution in [0.2, 0.25) is 0 Å². The van der Waals surface area contributed by atoms with Crippen molar-refractivity contribution in [1.82, 2.24) is 10.2 Å². The van der Waals surface area contributed by atoms with Crippen LogP contribution in [0, 0.1) is 5.92 Å². The molecule has 0 aliphatic carbocycles. The van der Waals surface area contributed by atoms with Gasteiger partial charge in [-0.15, -0.1) is 0 Å². The highest BCUT2D eigenvalue weighted by Gasteiger charge is 2.29. The molecule has 3 aromatic rings. The van der Waals surface area contributed by atoms with E-state index < -0.39 is 29.7 Å². The molecule has 2 unspecified atom stereocenters. The van der Waals surface area contributed by atoms with Crippen molar-refractivity contribution < 1.29 is 29.0 Å². The maximum absolute atomic E-state index is 13.6. The molecule has 3 N–H and O–H groups in total. The van der Waals surface area contributed by atoms with Crippen molar-refractivity contribution in [1.29, 1.82) is 0 Å². The molecule has 3 amide bonds. The van der Waals surface area contributed by atoms with Crippen LogP contribution in [0.1, 0.15) is 44.1 Å². The van der Waals surface area contributed by atoms with E-state index in [2.05, 4.69) is 10.6 Å². The standard InChI is InChI=1S/C34H39N3O6/c38-20-19-37(23-25-11-5-4-6-12-25)31(39)22-28-15-7-2-1-3-8-16-32(40)43-24-30(36-33(28)41)34(42)35-29-18-17-26-13-9-10-14-27(26)21-29/h2,4-7,9-14,17-18,21,28,30,38H,1,3,8,15-16,19-20,22-24H2,(H,35,42)(H,36,41). The van der Waals surface area contributed by atoms with Gasteiger partial charge in [-0.25, -0.2) is 0 Å². The van der Waals surface area contributed by atoms with E-state index in [9.17, 15) is 24.3 Å². The van der Waals surface area contributed by atoms with Crippen molar-refractivity contribution in [3.8, 4) is 0 Å². The maximum Gasteiger partial charge on any atom is 0.305 e. The molecule has 226 valence electrons. The van der Waals surface area contributed by atoms with Crippen molar-refractivity contribution in [2.75, 3.05) is 25.1 Å². The topological polar surface area (TPSA) is 125 Å². The van der Waals surface area contributed by atoms with E-state index in [1.165, 1.54) is 4.90 Å². The number of esters is 1. The predicted octanol–water partition coefficient (Wildman–Crippen LogP) is 4.35. The van der Waals surface area contributed by atoms with Crippen LogP contribution >= 0.6 is 0 Å². The SMILES string of the molecule is O=C1CCCCC=CCC(CC(=O)N(CCO)Cc2ccccc2)C(=O)NC(C(=O)Nc2ccc3ccccc3c2)CO1. The second-order valence-electron chi connectivity index (χ2n) is 10.7. The molecule has 3 aromatic carbocycles. The van der Waals surface area contributed by atoms with E-state index in [-0.39, 0.29) is 38.5 Å². The molecule has 9 heteroatoms. The number of nitrogens with one attached hydrogen (secondary N) is 2. The van der Waals surface area contributed by atoms with Crippen molar-refractivity contribution in [2.24, 2.45) is 5.92 Å². The summed E-state index contributed by atoms with van der Waals surface area (Å²) in [7, 11) is 0. The summed E-state index contributed by atoms with van der Waals surface area (Å²) in [6.07, 6.45) is 6.38. The molecule has 1 aliphatic rings. The predicted molar refractivity (Wildman–Crippen MR) is 165 cm³/mol. The normalized spacial score (nSPS) is 18.3. The fraction of sp³-hybridized carbons (Fsp3) is 0.353. The largest absolute Gasteiger partial charge is 0.463 e. The first-order chi connectivity index (χ1) is 20.9. The van der Waals surface area contributed by atoms with Gasteiger partial charge in [0.25, 0.3) is 5.91 Å². The van der Waals surface area contributed by atoms with Crippen LogP contribution in [0.25, 0.3) is 10.8 Å². The average molecular weight is 586 g/mol. The summed E-state index contributed by atoms with van der Waals surface area (Å²) in [5, 5.41) is 17.1. The molecule has 9 nitrogen and oxygen atoms in total. The lowest BCUT2D eigenvalue weighted by atomic mass is 9.97. The second kappa shape index (κ2) is 16.2. The Balaban J connectivity index is 1.51. The number of allylic oxidation sites excluding steroid dienone is 2. The zero-order chi connectivity index (χ0) is 30.4. The molecule has 4 rings (SSSR count). The first-order valence-corrected chi connectivity index (χ1v) is 14.8. The highest BCUT2D eigenvalue weighted by molar-refractivity contribution is 5.99. The van der Waals surface area contributed by atoms with Crippen LogP contribution in [0.15, 0.2) is 84.9 Å². The Labute approximate surface area is 251 Å². The Bertz CT molecular complexity index is 1420. The number of rotatable bonds is 8. The molecule has 0 saturated heterocycles. The number of ether oxygens (including phenoxy) is 1. The molecule has 0 spiro atoms. The fourth-order valence-electron chi connectivity index (χ4n) is 4.97. The lowest BCUT2D eigenvalue weighted by molar-refractivity contribution is -0.146. The Morgan fingerprint density at radius 3 is 2.51 bits per heavy atom. The number of hydrogen-bond donors (Lipinski definition) is 3. The number of cyclic esters (lactones) is 1. The van der Waals surface area contributed by atoms with Crippen LogP contribution in [0.5, 0.6) is 0 Å². The van der Waals surface area contributed by atoms with Gasteiger partial charge in [0.05, 0.1) is 12.5 Å². The van der Waals surface area contributed by atoms with E-state index in [1.807, 2.05) is 78.9 Å². The van der Waals surface area contributed by atoms with E-state index in [0.29, 0.717) is 25.1 Å². The lowest BCUT2D eigenvalue weighted by Gasteiger charge is -2.26. The summed E-state index contributed by atoms with van der Waals surface area (Å²) < 4.78 is 5.39. The van der Waals surface area contributed by atoms with Gasteiger partial charge in [0, 0.05) is 31.6 Å². The molecule has 2 atom stereocenters. The maximum atomic E-state index is 13.6. The first kappa shape index (κ1) is 31.4. The van der Waals surface area contributed by atoms with Crippen LogP contribution < -0.4 is 10.6 Å². The Hall–Kier alpha value is -4.50. The third-order valence-electron chi connectivity index (χ3n) is 7.38. The van der Waals surface area contributed by atoms with Crippen molar-refractivity contribution in [3.63, 3.8) is 0 Å². The van der Waals surface area contributed by atoms with Gasteiger partial charge in [-0.05, 0) is 54.2 Å². The van der Waals surface area contributed by atoms with E-state index in [4.69, 9.17) is 4.74 Å². The molecule has 1 aliphatic heterocycles. The molecule has 0 fully saturated rings. The number of fused-ring (bicyclic) bond motifs is 1. The average Bonchev–Trinajstić information content (AvgIpc) is 3.01. The number of aliphatic hydroxyl groups excluding tert-OH is 1. The van der Waals surface area contributed by atoms with Gasteiger partial charge < -0.3 is 25.4 Å². The molecule has 0 saturated carbocycles. The van der Waals surface area contributed by atoms with E-state index >= 15 is 0 Å². The number of carbonyl (C=O) groups excluding carboxylic acids is 4. The highest BCUT2D eigenvalue weighted by Crippen LogP contribution is 2.20. The summed E-state index contributed by atoms with van der Waals surface area (Å²) in [6, 6.07) is 21.5. The van der Waals surface area contributed by atoms with Gasteiger partial charge in [0.2, 0.25) is 11.8 Å². The summed E-state index contributed by atoms with van der Waals surface area (Å²) >= 11 is 0. The number of hydrogen-bond acceptors (Lipinski definition) is 6. The van der Waals surface area contributed by atoms with Gasteiger partial charge in [-0.2, -0.15) is 0 Å². The minimum atomic E-state index is -1.16. The third kappa shape index (κ3) is 9.78. The van der Waals surface area contributed by atoms with Gasteiger partial charge in [0.15, 0.2) is 0 Å². The molecule has 0 aromatic heterocycles. The Kier molecular flexibility index (Phi) is 11.9. The Morgan fingerprint density at radius 2 is 1.72 bits per heavy atom. The summed E-state index contributed by atoms with van der Waals surface area (Å²) in [6.45, 7) is -0.106. The van der Waals surface area contributed by atoms with Crippen LogP contribution in [0.3, 0.4) is 0 Å². The number of aliphatic hydroxyl groups is 1. The van der Waals surface area contributed by atoms with Crippen molar-refractivity contribution in [2.45, 2.75) is 51.1 Å². The Morgan fingerprint density at radius 1 is 0.953 bits per heavy atom. The molecule has 0 bridgehead atoms. The number of nitrogens with zero attached hydrogens (tertiary/aromatic N) is 1. The second-order valence-corrected chi connectivity index (χ2v) is 10.7. The quantitative estimate of drug-likeness (QED) is 0.267. The van der Waals surface area contributed by atoms with Gasteiger partial charge in [-0.3, -0.25) is 19.2 Å².